The van der Waals surface area contributed by atoms with Gasteiger partial charge in [0, 0.05) is 22.8 Å². The van der Waals surface area contributed by atoms with E-state index in [1.54, 1.807) is 6.07 Å². The van der Waals surface area contributed by atoms with Gasteiger partial charge >= 0.3 is 0 Å². The van der Waals surface area contributed by atoms with Crippen molar-refractivity contribution < 1.29 is 4.79 Å². The van der Waals surface area contributed by atoms with Crippen LogP contribution >= 0.6 is 24.0 Å². The molecule has 1 atom stereocenters. The molecule has 1 aliphatic rings. The molecule has 0 radical (unpaired) electrons. The van der Waals surface area contributed by atoms with Crippen LogP contribution in [0.4, 0.5) is 5.69 Å². The highest BCUT2D eigenvalue weighted by Crippen LogP contribution is 2.34. The maximum absolute atomic E-state index is 12.9. The molecule has 0 aliphatic carbocycles. The number of nitrogen functional groups attached to an aromatic ring is 1. The zero-order valence-corrected chi connectivity index (χ0v) is 14.5. The van der Waals surface area contributed by atoms with E-state index in [0.717, 1.165) is 30.5 Å². The Morgan fingerprint density at radius 3 is 2.61 bits per heavy atom. The van der Waals surface area contributed by atoms with E-state index < -0.39 is 0 Å². The van der Waals surface area contributed by atoms with Gasteiger partial charge in [0.15, 0.2) is 0 Å². The molecular weight excluding hydrogens is 331 g/mol. The van der Waals surface area contributed by atoms with Crippen LogP contribution in [0.1, 0.15) is 40.4 Å². The topological polar surface area (TPSA) is 46.3 Å². The zero-order valence-electron chi connectivity index (χ0n) is 13.0. The Labute approximate surface area is 147 Å². The van der Waals surface area contributed by atoms with Gasteiger partial charge in [-0.3, -0.25) is 4.79 Å². The summed E-state index contributed by atoms with van der Waals surface area (Å²) in [5.74, 6) is 0.0576. The van der Waals surface area contributed by atoms with Crippen LogP contribution in [0.3, 0.4) is 0 Å². The molecule has 3 nitrogen and oxygen atoms in total. The number of amides is 1. The number of aryl methyl sites for hydroxylation is 1. The molecule has 2 aromatic carbocycles. The molecule has 0 aromatic heterocycles. The van der Waals surface area contributed by atoms with Crippen LogP contribution in [0.15, 0.2) is 42.5 Å². The van der Waals surface area contributed by atoms with Crippen molar-refractivity contribution in [2.75, 3.05) is 12.3 Å². The number of likely N-dealkylation sites (tertiary alicyclic amines) is 1. The minimum Gasteiger partial charge on any atom is -0.399 e. The van der Waals surface area contributed by atoms with Gasteiger partial charge in [-0.25, -0.2) is 0 Å². The second kappa shape index (κ2) is 7.24. The second-order valence-corrected chi connectivity index (χ2v) is 6.22. The summed E-state index contributed by atoms with van der Waals surface area (Å²) in [5.41, 5.74) is 9.25. The van der Waals surface area contributed by atoms with Crippen LogP contribution in [-0.4, -0.2) is 17.4 Å². The average Bonchev–Trinajstić information content (AvgIpc) is 2.99. The van der Waals surface area contributed by atoms with Crippen LogP contribution in [0.5, 0.6) is 0 Å². The molecule has 0 bridgehead atoms. The molecule has 1 unspecified atom stereocenters. The Morgan fingerprint density at radius 1 is 1.22 bits per heavy atom. The molecule has 1 amide bonds. The van der Waals surface area contributed by atoms with Crippen LogP contribution in [0, 0.1) is 6.92 Å². The number of nitrogens with zero attached hydrogens (tertiary/aromatic N) is 1. The molecule has 122 valence electrons. The van der Waals surface area contributed by atoms with E-state index in [1.807, 2.05) is 48.2 Å². The maximum Gasteiger partial charge on any atom is 0.254 e. The van der Waals surface area contributed by atoms with Crippen molar-refractivity contribution in [1.82, 2.24) is 4.90 Å². The van der Waals surface area contributed by atoms with E-state index >= 15 is 0 Å². The number of hydrogen-bond donors (Lipinski definition) is 1. The van der Waals surface area contributed by atoms with Crippen molar-refractivity contribution in [2.24, 2.45) is 0 Å². The van der Waals surface area contributed by atoms with E-state index in [1.165, 1.54) is 0 Å². The lowest BCUT2D eigenvalue weighted by Crippen LogP contribution is -2.31. The Kier molecular flexibility index (Phi) is 5.55. The maximum atomic E-state index is 12.9. The standard InChI is InChI=1S/C18H19ClN2O.ClH/c1-12-4-9-15(20)11-16(12)18(22)21-10-2-3-17(21)13-5-7-14(19)8-6-13;/h4-9,11,17H,2-3,10,20H2,1H3;1H. The van der Waals surface area contributed by atoms with Crippen LogP contribution < -0.4 is 5.73 Å². The number of carbonyl (C=O) groups excluding carboxylic acids is 1. The van der Waals surface area contributed by atoms with Crippen molar-refractivity contribution in [3.05, 3.63) is 64.2 Å². The first-order valence-corrected chi connectivity index (χ1v) is 7.86. The van der Waals surface area contributed by atoms with Gasteiger partial charge in [-0.1, -0.05) is 29.8 Å². The highest BCUT2D eigenvalue weighted by Gasteiger charge is 2.31. The molecule has 2 N–H and O–H groups in total. The highest BCUT2D eigenvalue weighted by atomic mass is 35.5. The first-order chi connectivity index (χ1) is 10.6. The summed E-state index contributed by atoms with van der Waals surface area (Å²) in [7, 11) is 0. The number of rotatable bonds is 2. The number of halogens is 2. The molecule has 1 fully saturated rings. The normalized spacial score (nSPS) is 17.0. The Balaban J connectivity index is 0.00000192. The van der Waals surface area contributed by atoms with E-state index in [4.69, 9.17) is 17.3 Å². The Bertz CT molecular complexity index is 701. The van der Waals surface area contributed by atoms with Gasteiger partial charge in [0.05, 0.1) is 6.04 Å². The van der Waals surface area contributed by atoms with Gasteiger partial charge in [0.1, 0.15) is 0 Å². The van der Waals surface area contributed by atoms with Crippen molar-refractivity contribution in [3.8, 4) is 0 Å². The van der Waals surface area contributed by atoms with Crippen molar-refractivity contribution >= 4 is 35.6 Å². The molecular formula is C18H20Cl2N2O. The number of anilines is 1. The van der Waals surface area contributed by atoms with Gasteiger partial charge < -0.3 is 10.6 Å². The van der Waals surface area contributed by atoms with Crippen LogP contribution in [0.2, 0.25) is 5.02 Å². The SMILES string of the molecule is Cc1ccc(N)cc1C(=O)N1CCCC1c1ccc(Cl)cc1.Cl. The van der Waals surface area contributed by atoms with Crippen LogP contribution in [0.25, 0.3) is 0 Å². The quantitative estimate of drug-likeness (QED) is 0.802. The average molecular weight is 351 g/mol. The predicted molar refractivity (Wildman–Crippen MR) is 97.3 cm³/mol. The summed E-state index contributed by atoms with van der Waals surface area (Å²) in [6.45, 7) is 2.72. The summed E-state index contributed by atoms with van der Waals surface area (Å²) >= 11 is 5.96. The fourth-order valence-corrected chi connectivity index (χ4v) is 3.19. The summed E-state index contributed by atoms with van der Waals surface area (Å²) in [4.78, 5) is 14.9. The molecule has 1 heterocycles. The molecule has 5 heteroatoms. The molecule has 3 rings (SSSR count). The zero-order chi connectivity index (χ0) is 15.7. The molecule has 1 aliphatic heterocycles. The van der Waals surface area contributed by atoms with Gasteiger partial charge in [0.2, 0.25) is 0 Å². The third-order valence-corrected chi connectivity index (χ3v) is 4.51. The summed E-state index contributed by atoms with van der Waals surface area (Å²) in [6, 6.07) is 13.4. The van der Waals surface area contributed by atoms with E-state index in [-0.39, 0.29) is 24.4 Å². The number of carbonyl (C=O) groups is 1. The predicted octanol–water partition coefficient (Wildman–Crippen LogP) is 4.63. The van der Waals surface area contributed by atoms with Gasteiger partial charge in [-0.05, 0) is 55.2 Å². The minimum atomic E-state index is 0. The number of nitrogens with two attached hydrogens (primary N) is 1. The lowest BCUT2D eigenvalue weighted by atomic mass is 10.0. The van der Waals surface area contributed by atoms with Crippen molar-refractivity contribution in [2.45, 2.75) is 25.8 Å². The summed E-state index contributed by atoms with van der Waals surface area (Å²) in [6.07, 6.45) is 2.00. The van der Waals surface area contributed by atoms with Crippen LogP contribution in [-0.2, 0) is 0 Å². The largest absolute Gasteiger partial charge is 0.399 e. The van der Waals surface area contributed by atoms with Crippen molar-refractivity contribution in [3.63, 3.8) is 0 Å². The first kappa shape index (κ1) is 17.6. The van der Waals surface area contributed by atoms with Gasteiger partial charge in [0.25, 0.3) is 5.91 Å². The summed E-state index contributed by atoms with van der Waals surface area (Å²) < 4.78 is 0. The Hall–Kier alpha value is -1.71. The second-order valence-electron chi connectivity index (χ2n) is 5.78. The van der Waals surface area contributed by atoms with E-state index in [9.17, 15) is 4.79 Å². The Morgan fingerprint density at radius 2 is 1.91 bits per heavy atom. The third kappa shape index (κ3) is 3.62. The highest BCUT2D eigenvalue weighted by molar-refractivity contribution is 6.30. The number of benzene rings is 2. The lowest BCUT2D eigenvalue weighted by Gasteiger charge is -2.26. The third-order valence-electron chi connectivity index (χ3n) is 4.26. The van der Waals surface area contributed by atoms with E-state index in [0.29, 0.717) is 16.3 Å². The fourth-order valence-electron chi connectivity index (χ4n) is 3.07. The van der Waals surface area contributed by atoms with Crippen molar-refractivity contribution in [1.29, 1.82) is 0 Å². The smallest absolute Gasteiger partial charge is 0.254 e. The fraction of sp³-hybridized carbons (Fsp3) is 0.278. The molecule has 1 saturated heterocycles. The minimum absolute atomic E-state index is 0. The molecule has 0 saturated carbocycles. The summed E-state index contributed by atoms with van der Waals surface area (Å²) in [5, 5.41) is 0.714. The molecule has 0 spiro atoms. The molecule has 2 aromatic rings. The lowest BCUT2D eigenvalue weighted by molar-refractivity contribution is 0.0735. The van der Waals surface area contributed by atoms with E-state index in [2.05, 4.69) is 0 Å². The van der Waals surface area contributed by atoms with Gasteiger partial charge in [-0.2, -0.15) is 0 Å². The molecule has 23 heavy (non-hydrogen) atoms. The monoisotopic (exact) mass is 350 g/mol. The number of hydrogen-bond acceptors (Lipinski definition) is 2. The van der Waals surface area contributed by atoms with Gasteiger partial charge in [-0.15, -0.1) is 12.4 Å². The first-order valence-electron chi connectivity index (χ1n) is 7.49.